The van der Waals surface area contributed by atoms with Crippen LogP contribution < -0.4 is 11.4 Å². The van der Waals surface area contributed by atoms with Crippen LogP contribution in [0, 0.1) is 6.92 Å². The van der Waals surface area contributed by atoms with E-state index in [9.17, 15) is 19.6 Å². The molecule has 0 aliphatic carbocycles. The number of hydrogen-bond donors (Lipinski definition) is 5. The Morgan fingerprint density at radius 1 is 1.45 bits per heavy atom. The lowest BCUT2D eigenvalue weighted by Crippen LogP contribution is -2.36. The van der Waals surface area contributed by atoms with Gasteiger partial charge in [-0.05, 0) is 6.92 Å². The number of aryl methyl sites for hydroxylation is 1. The molecule has 0 bridgehead atoms. The fourth-order valence-electron chi connectivity index (χ4n) is 2.03. The van der Waals surface area contributed by atoms with E-state index in [-0.39, 0.29) is 5.82 Å². The molecule has 11 nitrogen and oxygen atoms in total. The molecule has 1 aromatic rings. The standard InChI is InChI=1S/C10H16N3O8P/c1-4-2-13(10(16)12-8(4)11)9-7(15)6(14)5(21-9)3-20-22(17,18)19/h2,5-7,9,14-15H,3H2,1H3,(H2,11,12,16)(H2,17,18,19)/t5-,6-,7+,9+/m0/s1. The van der Waals surface area contributed by atoms with Crippen LogP contribution >= 0.6 is 7.82 Å². The minimum atomic E-state index is -4.75. The van der Waals surface area contributed by atoms with Crippen molar-refractivity contribution in [3.63, 3.8) is 0 Å². The topological polar surface area (TPSA) is 177 Å². The smallest absolute Gasteiger partial charge is 0.387 e. The number of anilines is 1. The Hall–Kier alpha value is -1.33. The Morgan fingerprint density at radius 2 is 2.09 bits per heavy atom. The van der Waals surface area contributed by atoms with Crippen LogP contribution in [0.3, 0.4) is 0 Å². The summed E-state index contributed by atoms with van der Waals surface area (Å²) in [6, 6.07) is 0. The van der Waals surface area contributed by atoms with Crippen molar-refractivity contribution < 1.29 is 33.8 Å². The van der Waals surface area contributed by atoms with E-state index in [1.807, 2.05) is 0 Å². The molecule has 0 saturated carbocycles. The molecular formula is C10H16N3O8P. The Morgan fingerprint density at radius 3 is 2.68 bits per heavy atom. The quantitative estimate of drug-likeness (QED) is 0.381. The maximum atomic E-state index is 11.8. The van der Waals surface area contributed by atoms with Gasteiger partial charge in [-0.25, -0.2) is 9.36 Å². The van der Waals surface area contributed by atoms with Crippen molar-refractivity contribution in [3.8, 4) is 0 Å². The van der Waals surface area contributed by atoms with Gasteiger partial charge in [0.15, 0.2) is 6.23 Å². The molecule has 2 rings (SSSR count). The van der Waals surface area contributed by atoms with Crippen LogP contribution in [-0.2, 0) is 13.8 Å². The summed E-state index contributed by atoms with van der Waals surface area (Å²) in [6.07, 6.45) is -4.21. The molecule has 0 spiro atoms. The largest absolute Gasteiger partial charge is 0.469 e. The molecular weight excluding hydrogens is 321 g/mol. The zero-order chi connectivity index (χ0) is 16.7. The highest BCUT2D eigenvalue weighted by atomic mass is 31.2. The summed E-state index contributed by atoms with van der Waals surface area (Å²) in [5, 5.41) is 19.8. The molecule has 1 saturated heterocycles. The van der Waals surface area contributed by atoms with Crippen LogP contribution in [0.4, 0.5) is 5.82 Å². The number of rotatable bonds is 4. The van der Waals surface area contributed by atoms with Gasteiger partial charge in [-0.15, -0.1) is 0 Å². The van der Waals surface area contributed by atoms with Gasteiger partial charge in [-0.1, -0.05) is 0 Å². The highest BCUT2D eigenvalue weighted by Gasteiger charge is 2.45. The first-order chi connectivity index (χ1) is 10.1. The van der Waals surface area contributed by atoms with Crippen LogP contribution in [0.5, 0.6) is 0 Å². The number of phosphoric ester groups is 1. The number of phosphoric acid groups is 1. The van der Waals surface area contributed by atoms with Gasteiger partial charge in [-0.3, -0.25) is 9.09 Å². The molecule has 0 radical (unpaired) electrons. The van der Waals surface area contributed by atoms with Gasteiger partial charge in [0.05, 0.1) is 6.61 Å². The van der Waals surface area contributed by atoms with E-state index in [0.717, 1.165) is 4.57 Å². The van der Waals surface area contributed by atoms with Crippen molar-refractivity contribution in [1.29, 1.82) is 0 Å². The lowest BCUT2D eigenvalue weighted by molar-refractivity contribution is -0.0542. The zero-order valence-electron chi connectivity index (χ0n) is 11.4. The summed E-state index contributed by atoms with van der Waals surface area (Å²) in [4.78, 5) is 32.6. The molecule has 124 valence electrons. The summed E-state index contributed by atoms with van der Waals surface area (Å²) < 4.78 is 21.1. The second kappa shape index (κ2) is 6.05. The first-order valence-electron chi connectivity index (χ1n) is 6.17. The van der Waals surface area contributed by atoms with Crippen molar-refractivity contribution in [3.05, 3.63) is 22.2 Å². The predicted octanol–water partition coefficient (Wildman–Crippen LogP) is -2.14. The van der Waals surface area contributed by atoms with Gasteiger partial charge < -0.3 is 30.5 Å². The molecule has 22 heavy (non-hydrogen) atoms. The molecule has 1 aliphatic rings. The van der Waals surface area contributed by atoms with E-state index in [1.165, 1.54) is 6.20 Å². The number of aromatic nitrogens is 2. The summed E-state index contributed by atoms with van der Waals surface area (Å²) in [7, 11) is -4.75. The Balaban J connectivity index is 2.22. The van der Waals surface area contributed by atoms with Crippen LogP contribution in [0.1, 0.15) is 11.8 Å². The summed E-state index contributed by atoms with van der Waals surface area (Å²) in [6.45, 7) is 0.930. The molecule has 4 atom stereocenters. The normalized spacial score (nSPS) is 29.0. The minimum Gasteiger partial charge on any atom is -0.387 e. The fourth-order valence-corrected chi connectivity index (χ4v) is 2.37. The van der Waals surface area contributed by atoms with Crippen LogP contribution in [0.2, 0.25) is 0 Å². The second-order valence-electron chi connectivity index (χ2n) is 4.83. The van der Waals surface area contributed by atoms with E-state index in [0.29, 0.717) is 5.56 Å². The third kappa shape index (κ3) is 3.52. The molecule has 1 aliphatic heterocycles. The first kappa shape index (κ1) is 17.0. The molecule has 6 N–H and O–H groups in total. The number of ether oxygens (including phenoxy) is 1. The maximum Gasteiger partial charge on any atom is 0.469 e. The molecule has 1 fully saturated rings. The summed E-state index contributed by atoms with van der Waals surface area (Å²) >= 11 is 0. The SMILES string of the molecule is Cc1cn([C@@H]2O[C@@H](COP(=O)(O)O)[C@H](O)[C@H]2O)c(=O)nc1N. The minimum absolute atomic E-state index is 0.0238. The highest BCUT2D eigenvalue weighted by Crippen LogP contribution is 2.38. The monoisotopic (exact) mass is 337 g/mol. The van der Waals surface area contributed by atoms with E-state index in [1.54, 1.807) is 6.92 Å². The number of aliphatic hydroxyl groups is 2. The molecule has 1 aromatic heterocycles. The zero-order valence-corrected chi connectivity index (χ0v) is 12.3. The third-order valence-electron chi connectivity index (χ3n) is 3.19. The van der Waals surface area contributed by atoms with E-state index < -0.39 is 44.7 Å². The summed E-state index contributed by atoms with van der Waals surface area (Å²) in [5.74, 6) is 0.0238. The van der Waals surface area contributed by atoms with Gasteiger partial charge >= 0.3 is 13.5 Å². The van der Waals surface area contributed by atoms with E-state index in [2.05, 4.69) is 9.51 Å². The van der Waals surface area contributed by atoms with Crippen molar-refractivity contribution in [2.24, 2.45) is 0 Å². The third-order valence-corrected chi connectivity index (χ3v) is 3.68. The lowest BCUT2D eigenvalue weighted by Gasteiger charge is -2.18. The number of aliphatic hydroxyl groups excluding tert-OH is 2. The van der Waals surface area contributed by atoms with E-state index in [4.69, 9.17) is 20.3 Å². The highest BCUT2D eigenvalue weighted by molar-refractivity contribution is 7.46. The van der Waals surface area contributed by atoms with Crippen molar-refractivity contribution in [2.75, 3.05) is 12.3 Å². The van der Waals surface area contributed by atoms with Gasteiger partial charge in [0, 0.05) is 11.8 Å². The first-order valence-corrected chi connectivity index (χ1v) is 7.70. The molecule has 12 heteroatoms. The van der Waals surface area contributed by atoms with Crippen molar-refractivity contribution >= 4 is 13.6 Å². The van der Waals surface area contributed by atoms with Gasteiger partial charge in [0.2, 0.25) is 0 Å². The Kier molecular flexibility index (Phi) is 4.68. The molecule has 0 aromatic carbocycles. The Bertz CT molecular complexity index is 658. The van der Waals surface area contributed by atoms with Gasteiger partial charge in [0.25, 0.3) is 0 Å². The number of nitrogen functional groups attached to an aromatic ring is 1. The molecule has 2 heterocycles. The fraction of sp³-hybridized carbons (Fsp3) is 0.600. The number of hydrogen-bond acceptors (Lipinski definition) is 8. The average Bonchev–Trinajstić information content (AvgIpc) is 2.68. The average molecular weight is 337 g/mol. The van der Waals surface area contributed by atoms with Gasteiger partial charge in [0.1, 0.15) is 24.1 Å². The van der Waals surface area contributed by atoms with Crippen LogP contribution in [-0.4, -0.2) is 54.5 Å². The van der Waals surface area contributed by atoms with Crippen molar-refractivity contribution in [2.45, 2.75) is 31.5 Å². The number of nitrogens with two attached hydrogens (primary N) is 1. The Labute approximate surface area is 124 Å². The van der Waals surface area contributed by atoms with E-state index >= 15 is 0 Å². The van der Waals surface area contributed by atoms with Crippen molar-refractivity contribution in [1.82, 2.24) is 9.55 Å². The lowest BCUT2D eigenvalue weighted by atomic mass is 10.1. The predicted molar refractivity (Wildman–Crippen MR) is 71.6 cm³/mol. The van der Waals surface area contributed by atoms with Crippen LogP contribution in [0.25, 0.3) is 0 Å². The maximum absolute atomic E-state index is 11.8. The summed E-state index contributed by atoms with van der Waals surface area (Å²) in [5.41, 5.74) is 5.15. The van der Waals surface area contributed by atoms with Gasteiger partial charge in [-0.2, -0.15) is 4.98 Å². The molecule has 0 amide bonds. The van der Waals surface area contributed by atoms with Crippen LogP contribution in [0.15, 0.2) is 11.0 Å². The molecule has 0 unspecified atom stereocenters. The second-order valence-corrected chi connectivity index (χ2v) is 6.07. The number of nitrogens with zero attached hydrogens (tertiary/aromatic N) is 2.